The Hall–Kier alpha value is -3.39. The van der Waals surface area contributed by atoms with Crippen LogP contribution in [0.5, 0.6) is 0 Å². The number of carbonyl (C=O) groups is 3. The van der Waals surface area contributed by atoms with Crippen LogP contribution in [0.3, 0.4) is 0 Å². The fraction of sp³-hybridized carbons (Fsp3) is 0.208. The van der Waals surface area contributed by atoms with Crippen LogP contribution in [0.4, 0.5) is 11.4 Å². The van der Waals surface area contributed by atoms with Crippen LogP contribution in [-0.4, -0.2) is 23.8 Å². The molecule has 3 aromatic rings. The van der Waals surface area contributed by atoms with Crippen molar-refractivity contribution in [2.75, 3.05) is 10.6 Å². The van der Waals surface area contributed by atoms with E-state index in [1.165, 1.54) is 0 Å². The van der Waals surface area contributed by atoms with Gasteiger partial charge in [0, 0.05) is 23.0 Å². The minimum atomic E-state index is -0.359. The van der Waals surface area contributed by atoms with Gasteiger partial charge < -0.3 is 20.4 Å². The van der Waals surface area contributed by atoms with Gasteiger partial charge in [0.15, 0.2) is 10.4 Å². The molecule has 1 saturated carbocycles. The summed E-state index contributed by atoms with van der Waals surface area (Å²) in [6.07, 6.45) is 2.20. The van der Waals surface area contributed by atoms with E-state index in [-0.39, 0.29) is 35.9 Å². The lowest BCUT2D eigenvalue weighted by Crippen LogP contribution is -2.25. The maximum absolute atomic E-state index is 12.6. The highest BCUT2D eigenvalue weighted by atomic mass is 79.9. The van der Waals surface area contributed by atoms with Crippen LogP contribution < -0.4 is 16.0 Å². The molecule has 3 N–H and O–H groups in total. The summed E-state index contributed by atoms with van der Waals surface area (Å²) in [4.78, 5) is 37.0. The van der Waals surface area contributed by atoms with E-state index in [4.69, 9.17) is 4.42 Å². The van der Waals surface area contributed by atoms with E-state index in [2.05, 4.69) is 31.9 Å². The molecule has 0 spiro atoms. The van der Waals surface area contributed by atoms with Crippen LogP contribution in [-0.2, 0) is 11.2 Å². The topological polar surface area (TPSA) is 100 Å². The van der Waals surface area contributed by atoms with Crippen molar-refractivity contribution < 1.29 is 18.8 Å². The predicted molar refractivity (Wildman–Crippen MR) is 125 cm³/mol. The van der Waals surface area contributed by atoms with Crippen molar-refractivity contribution in [3.63, 3.8) is 0 Å². The molecule has 1 aliphatic carbocycles. The molecule has 0 atom stereocenters. The highest BCUT2D eigenvalue weighted by Gasteiger charge is 2.24. The molecule has 3 amide bonds. The number of benzene rings is 2. The second-order valence-electron chi connectivity index (χ2n) is 7.76. The monoisotopic (exact) mass is 495 g/mol. The lowest BCUT2D eigenvalue weighted by atomic mass is 10.1. The number of hydrogen-bond acceptors (Lipinski definition) is 4. The molecule has 164 valence electrons. The summed E-state index contributed by atoms with van der Waals surface area (Å²) in [5, 5.41) is 8.58. The zero-order valence-electron chi connectivity index (χ0n) is 17.4. The number of amides is 3. The molecule has 1 heterocycles. The highest BCUT2D eigenvalue weighted by molar-refractivity contribution is 9.10. The lowest BCUT2D eigenvalue weighted by Gasteiger charge is -2.11. The molecule has 0 saturated heterocycles. The fourth-order valence-electron chi connectivity index (χ4n) is 3.11. The quantitative estimate of drug-likeness (QED) is 0.443. The molecule has 1 fully saturated rings. The Morgan fingerprint density at radius 3 is 2.38 bits per heavy atom. The van der Waals surface area contributed by atoms with E-state index in [0.29, 0.717) is 21.6 Å². The van der Waals surface area contributed by atoms with Gasteiger partial charge in [0.25, 0.3) is 11.8 Å². The zero-order valence-corrected chi connectivity index (χ0v) is 19.0. The summed E-state index contributed by atoms with van der Waals surface area (Å²) in [6.45, 7) is 1.88. The van der Waals surface area contributed by atoms with E-state index in [9.17, 15) is 14.4 Å². The van der Waals surface area contributed by atoms with Crippen molar-refractivity contribution in [2.45, 2.75) is 32.2 Å². The van der Waals surface area contributed by atoms with Crippen LogP contribution in [0.1, 0.15) is 44.9 Å². The summed E-state index contributed by atoms with van der Waals surface area (Å²) in [6, 6.07) is 15.8. The molecular formula is C24H22BrN3O4. The van der Waals surface area contributed by atoms with Crippen LogP contribution in [0.2, 0.25) is 0 Å². The lowest BCUT2D eigenvalue weighted by molar-refractivity contribution is -0.115. The summed E-state index contributed by atoms with van der Waals surface area (Å²) >= 11 is 3.16. The third-order valence-electron chi connectivity index (χ3n) is 5.06. The third kappa shape index (κ3) is 5.64. The second kappa shape index (κ2) is 9.40. The summed E-state index contributed by atoms with van der Waals surface area (Å²) in [5.41, 5.74) is 3.41. The van der Waals surface area contributed by atoms with Crippen molar-refractivity contribution in [1.29, 1.82) is 0 Å². The van der Waals surface area contributed by atoms with Gasteiger partial charge in [-0.25, -0.2) is 0 Å². The van der Waals surface area contributed by atoms with Crippen molar-refractivity contribution in [3.05, 3.63) is 81.7 Å². The maximum atomic E-state index is 12.6. The number of furan rings is 1. The van der Waals surface area contributed by atoms with E-state index in [0.717, 1.165) is 24.0 Å². The van der Waals surface area contributed by atoms with Gasteiger partial charge in [-0.15, -0.1) is 0 Å². The minimum absolute atomic E-state index is 0.123. The Labute approximate surface area is 193 Å². The largest absolute Gasteiger partial charge is 0.444 e. The molecule has 8 heteroatoms. The number of aryl methyl sites for hydroxylation is 1. The number of nitrogens with one attached hydrogen (secondary N) is 3. The zero-order chi connectivity index (χ0) is 22.7. The maximum Gasteiger partial charge on any atom is 0.291 e. The smallest absolute Gasteiger partial charge is 0.291 e. The van der Waals surface area contributed by atoms with E-state index in [1.54, 1.807) is 48.5 Å². The number of anilines is 2. The van der Waals surface area contributed by atoms with Crippen LogP contribution in [0.15, 0.2) is 63.7 Å². The van der Waals surface area contributed by atoms with Crippen LogP contribution in [0, 0.1) is 6.92 Å². The number of hydrogen-bond donors (Lipinski definition) is 3. The van der Waals surface area contributed by atoms with E-state index < -0.39 is 0 Å². The molecule has 1 aromatic heterocycles. The first kappa shape index (κ1) is 21.8. The third-order valence-corrected chi connectivity index (χ3v) is 5.49. The normalized spacial score (nSPS) is 12.8. The van der Waals surface area contributed by atoms with Gasteiger partial charge in [-0.3, -0.25) is 14.4 Å². The summed E-state index contributed by atoms with van der Waals surface area (Å²) in [7, 11) is 0. The minimum Gasteiger partial charge on any atom is -0.444 e. The Morgan fingerprint density at radius 1 is 0.969 bits per heavy atom. The molecule has 0 radical (unpaired) electrons. The molecule has 2 aromatic carbocycles. The molecule has 0 unspecified atom stereocenters. The molecular weight excluding hydrogens is 474 g/mol. The Kier molecular flexibility index (Phi) is 6.41. The first-order valence-electron chi connectivity index (χ1n) is 10.2. The van der Waals surface area contributed by atoms with Crippen LogP contribution >= 0.6 is 15.9 Å². The van der Waals surface area contributed by atoms with Gasteiger partial charge in [0.1, 0.15) is 0 Å². The second-order valence-corrected chi connectivity index (χ2v) is 8.54. The van der Waals surface area contributed by atoms with Gasteiger partial charge in [0.05, 0.1) is 6.42 Å². The molecule has 1 aliphatic rings. The standard InChI is InChI=1S/C24H22BrN3O4/c1-14-2-5-16(23(30)26-18-8-9-18)13-19(14)28-22(29)12-15-3-6-17(7-4-15)27-24(31)20-10-11-21(25)32-20/h2-7,10-11,13,18H,8-9,12H2,1H3,(H,26,30)(H,27,31)(H,28,29). The van der Waals surface area contributed by atoms with Crippen molar-refractivity contribution in [1.82, 2.24) is 5.32 Å². The van der Waals surface area contributed by atoms with Crippen molar-refractivity contribution >= 4 is 45.0 Å². The molecule has 32 heavy (non-hydrogen) atoms. The van der Waals surface area contributed by atoms with Gasteiger partial charge in [-0.05, 0) is 83.2 Å². The molecule has 4 rings (SSSR count). The Morgan fingerprint density at radius 2 is 1.72 bits per heavy atom. The first-order valence-corrected chi connectivity index (χ1v) is 11.0. The fourth-order valence-corrected chi connectivity index (χ4v) is 3.42. The van der Waals surface area contributed by atoms with Gasteiger partial charge >= 0.3 is 0 Å². The first-order chi connectivity index (χ1) is 15.4. The summed E-state index contributed by atoms with van der Waals surface area (Å²) in [5.74, 6) is -0.473. The van der Waals surface area contributed by atoms with Gasteiger partial charge in [-0.2, -0.15) is 0 Å². The molecule has 0 bridgehead atoms. The van der Waals surface area contributed by atoms with Gasteiger partial charge in [-0.1, -0.05) is 18.2 Å². The number of halogens is 1. The average Bonchev–Trinajstić information content (AvgIpc) is 3.47. The summed E-state index contributed by atoms with van der Waals surface area (Å²) < 4.78 is 5.71. The predicted octanol–water partition coefficient (Wildman–Crippen LogP) is 4.68. The Balaban J connectivity index is 1.34. The SMILES string of the molecule is Cc1ccc(C(=O)NC2CC2)cc1NC(=O)Cc1ccc(NC(=O)c2ccc(Br)o2)cc1. The molecule has 0 aliphatic heterocycles. The van der Waals surface area contributed by atoms with Crippen LogP contribution in [0.25, 0.3) is 0 Å². The average molecular weight is 496 g/mol. The van der Waals surface area contributed by atoms with E-state index in [1.807, 2.05) is 13.0 Å². The van der Waals surface area contributed by atoms with E-state index >= 15 is 0 Å². The van der Waals surface area contributed by atoms with Crippen molar-refractivity contribution in [2.24, 2.45) is 0 Å². The molecule has 7 nitrogen and oxygen atoms in total. The van der Waals surface area contributed by atoms with Gasteiger partial charge in [0.2, 0.25) is 5.91 Å². The highest BCUT2D eigenvalue weighted by Crippen LogP contribution is 2.22. The van der Waals surface area contributed by atoms with Crippen molar-refractivity contribution in [3.8, 4) is 0 Å². The Bertz CT molecular complexity index is 1170. The number of rotatable bonds is 7. The number of carbonyl (C=O) groups excluding carboxylic acids is 3.